The van der Waals surface area contributed by atoms with Crippen molar-refractivity contribution in [1.82, 2.24) is 0 Å². The SMILES string of the molecule is O=C(O)CC(COC(=O)CCCC(O)O)CC(=O)O. The molecule has 8 heteroatoms. The Balaban J connectivity index is 3.98. The van der Waals surface area contributed by atoms with Gasteiger partial charge in [0.1, 0.15) is 0 Å². The Morgan fingerprint density at radius 2 is 1.53 bits per heavy atom. The summed E-state index contributed by atoms with van der Waals surface area (Å²) in [5.41, 5.74) is 0. The third kappa shape index (κ3) is 11.2. The molecule has 0 aromatic rings. The maximum Gasteiger partial charge on any atom is 0.305 e. The number of hydrogen-bond acceptors (Lipinski definition) is 6. The number of aliphatic hydroxyl groups excluding tert-OH is 1. The van der Waals surface area contributed by atoms with Crippen molar-refractivity contribution >= 4 is 17.9 Å². The molecule has 0 atom stereocenters. The number of carbonyl (C=O) groups excluding carboxylic acids is 1. The summed E-state index contributed by atoms with van der Waals surface area (Å²) in [5.74, 6) is -3.72. The molecule has 0 aliphatic rings. The highest BCUT2D eigenvalue weighted by Gasteiger charge is 2.19. The lowest BCUT2D eigenvalue weighted by Gasteiger charge is -2.13. The summed E-state index contributed by atoms with van der Waals surface area (Å²) < 4.78 is 4.76. The fourth-order valence-corrected chi connectivity index (χ4v) is 1.40. The van der Waals surface area contributed by atoms with E-state index in [1.165, 1.54) is 0 Å². The van der Waals surface area contributed by atoms with Crippen LogP contribution in [-0.4, -0.2) is 51.2 Å². The van der Waals surface area contributed by atoms with E-state index in [4.69, 9.17) is 25.2 Å². The quantitative estimate of drug-likeness (QED) is 0.312. The van der Waals surface area contributed by atoms with Crippen molar-refractivity contribution in [3.05, 3.63) is 0 Å². The molecule has 0 aromatic heterocycles. The number of hydrogen-bond donors (Lipinski definition) is 4. The van der Waals surface area contributed by atoms with Gasteiger partial charge < -0.3 is 25.2 Å². The van der Waals surface area contributed by atoms with Crippen molar-refractivity contribution in [3.8, 4) is 0 Å². The van der Waals surface area contributed by atoms with Gasteiger partial charge in [-0.2, -0.15) is 0 Å². The normalized spacial score (nSPS) is 10.7. The summed E-state index contributed by atoms with van der Waals surface area (Å²) >= 11 is 0. The van der Waals surface area contributed by atoms with Gasteiger partial charge >= 0.3 is 17.9 Å². The summed E-state index contributed by atoms with van der Waals surface area (Å²) in [6.45, 7) is -0.279. The third-order valence-electron chi connectivity index (χ3n) is 2.25. The minimum atomic E-state index is -1.49. The van der Waals surface area contributed by atoms with E-state index in [1.54, 1.807) is 0 Å². The number of aliphatic carboxylic acids is 2. The number of carboxylic acid groups (broad SMARTS) is 2. The first kappa shape index (κ1) is 17.3. The van der Waals surface area contributed by atoms with Crippen molar-refractivity contribution in [2.45, 2.75) is 38.4 Å². The second kappa shape index (κ2) is 9.29. The average Bonchev–Trinajstić information content (AvgIpc) is 2.23. The summed E-state index contributed by atoms with van der Waals surface area (Å²) in [4.78, 5) is 32.2. The van der Waals surface area contributed by atoms with E-state index in [1.807, 2.05) is 0 Å². The third-order valence-corrected chi connectivity index (χ3v) is 2.25. The van der Waals surface area contributed by atoms with E-state index < -0.39 is 43.0 Å². The molecule has 0 unspecified atom stereocenters. The van der Waals surface area contributed by atoms with Gasteiger partial charge in [-0.15, -0.1) is 0 Å². The largest absolute Gasteiger partial charge is 0.481 e. The molecule has 0 amide bonds. The zero-order chi connectivity index (χ0) is 14.8. The Morgan fingerprint density at radius 1 is 1.00 bits per heavy atom. The molecule has 0 saturated heterocycles. The summed E-state index contributed by atoms with van der Waals surface area (Å²) in [7, 11) is 0. The van der Waals surface area contributed by atoms with Crippen LogP contribution >= 0.6 is 0 Å². The molecule has 0 saturated carbocycles. The number of carboxylic acids is 2. The van der Waals surface area contributed by atoms with Crippen LogP contribution < -0.4 is 0 Å². The summed E-state index contributed by atoms with van der Waals surface area (Å²) in [6.07, 6.45) is -2.06. The highest BCUT2D eigenvalue weighted by Crippen LogP contribution is 2.11. The van der Waals surface area contributed by atoms with Crippen LogP contribution in [0.5, 0.6) is 0 Å². The Morgan fingerprint density at radius 3 is 1.95 bits per heavy atom. The standard InChI is InChI=1S/C11H18O8/c12-8(13)2-1-3-11(18)19-6-7(4-9(14)15)5-10(16)17/h7-8,12-13H,1-6H2,(H,14,15)(H,16,17). The predicted octanol–water partition coefficient (Wildman–Crippen LogP) is -0.424. The molecule has 0 aliphatic carbocycles. The molecular formula is C11H18O8. The van der Waals surface area contributed by atoms with Gasteiger partial charge in [-0.3, -0.25) is 14.4 Å². The summed E-state index contributed by atoms with van der Waals surface area (Å²) in [6, 6.07) is 0. The zero-order valence-electron chi connectivity index (χ0n) is 10.3. The van der Waals surface area contributed by atoms with Crippen LogP contribution in [0.15, 0.2) is 0 Å². The molecule has 0 aliphatic heterocycles. The van der Waals surface area contributed by atoms with E-state index >= 15 is 0 Å². The minimum absolute atomic E-state index is 0.0305. The number of rotatable bonds is 10. The Bertz CT molecular complexity index is 296. The Hall–Kier alpha value is -1.67. The Kier molecular flexibility index (Phi) is 8.47. The van der Waals surface area contributed by atoms with Crippen molar-refractivity contribution < 1.29 is 39.5 Å². The van der Waals surface area contributed by atoms with Gasteiger partial charge in [0.05, 0.1) is 19.4 Å². The van der Waals surface area contributed by atoms with Crippen molar-refractivity contribution in [1.29, 1.82) is 0 Å². The molecule has 0 rings (SSSR count). The van der Waals surface area contributed by atoms with E-state index in [9.17, 15) is 14.4 Å². The van der Waals surface area contributed by atoms with Crippen LogP contribution in [0.4, 0.5) is 0 Å². The van der Waals surface area contributed by atoms with Crippen LogP contribution in [0.3, 0.4) is 0 Å². The first-order chi connectivity index (χ1) is 8.81. The Labute approximate surface area is 109 Å². The molecule has 0 spiro atoms. The second-order valence-electron chi connectivity index (χ2n) is 4.12. The van der Waals surface area contributed by atoms with Crippen molar-refractivity contribution in [2.75, 3.05) is 6.61 Å². The first-order valence-corrected chi connectivity index (χ1v) is 5.76. The fraction of sp³-hybridized carbons (Fsp3) is 0.727. The molecule has 0 radical (unpaired) electrons. The van der Waals surface area contributed by atoms with Gasteiger partial charge in [0.2, 0.25) is 0 Å². The molecule has 0 fully saturated rings. The number of aliphatic hydroxyl groups is 2. The van der Waals surface area contributed by atoms with Gasteiger partial charge in [0.15, 0.2) is 6.29 Å². The number of esters is 1. The minimum Gasteiger partial charge on any atom is -0.481 e. The monoisotopic (exact) mass is 278 g/mol. The van der Waals surface area contributed by atoms with E-state index in [-0.39, 0.29) is 25.9 Å². The van der Waals surface area contributed by atoms with Crippen molar-refractivity contribution in [2.24, 2.45) is 5.92 Å². The lowest BCUT2D eigenvalue weighted by molar-refractivity contribution is -0.150. The van der Waals surface area contributed by atoms with E-state index in [0.29, 0.717) is 0 Å². The maximum absolute atomic E-state index is 11.2. The lowest BCUT2D eigenvalue weighted by atomic mass is 10.0. The van der Waals surface area contributed by atoms with Crippen LogP contribution in [0.2, 0.25) is 0 Å². The lowest BCUT2D eigenvalue weighted by Crippen LogP contribution is -2.20. The second-order valence-corrected chi connectivity index (χ2v) is 4.12. The van der Waals surface area contributed by atoms with Gasteiger partial charge in [0, 0.05) is 12.3 Å². The molecule has 8 nitrogen and oxygen atoms in total. The van der Waals surface area contributed by atoms with Crippen LogP contribution in [0.1, 0.15) is 32.1 Å². The van der Waals surface area contributed by atoms with E-state index in [0.717, 1.165) is 0 Å². The predicted molar refractivity (Wildman–Crippen MR) is 61.0 cm³/mol. The zero-order valence-corrected chi connectivity index (χ0v) is 10.3. The molecule has 0 heterocycles. The average molecular weight is 278 g/mol. The van der Waals surface area contributed by atoms with E-state index in [2.05, 4.69) is 0 Å². The van der Waals surface area contributed by atoms with Gasteiger partial charge in [-0.05, 0) is 12.8 Å². The number of carbonyl (C=O) groups is 3. The van der Waals surface area contributed by atoms with Gasteiger partial charge in [-0.1, -0.05) is 0 Å². The van der Waals surface area contributed by atoms with Crippen LogP contribution in [-0.2, 0) is 19.1 Å². The van der Waals surface area contributed by atoms with Crippen molar-refractivity contribution in [3.63, 3.8) is 0 Å². The topological polar surface area (TPSA) is 141 Å². The molecular weight excluding hydrogens is 260 g/mol. The first-order valence-electron chi connectivity index (χ1n) is 5.76. The molecule has 0 bridgehead atoms. The van der Waals surface area contributed by atoms with Gasteiger partial charge in [-0.25, -0.2) is 0 Å². The highest BCUT2D eigenvalue weighted by molar-refractivity contribution is 5.71. The highest BCUT2D eigenvalue weighted by atomic mass is 16.5. The van der Waals surface area contributed by atoms with Crippen LogP contribution in [0, 0.1) is 5.92 Å². The van der Waals surface area contributed by atoms with Crippen LogP contribution in [0.25, 0.3) is 0 Å². The summed E-state index contributed by atoms with van der Waals surface area (Å²) in [5, 5.41) is 34.3. The molecule has 4 N–H and O–H groups in total. The van der Waals surface area contributed by atoms with Gasteiger partial charge in [0.25, 0.3) is 0 Å². The molecule has 19 heavy (non-hydrogen) atoms. The number of ether oxygens (including phenoxy) is 1. The maximum atomic E-state index is 11.2. The molecule has 110 valence electrons. The molecule has 0 aromatic carbocycles. The fourth-order valence-electron chi connectivity index (χ4n) is 1.40. The smallest absolute Gasteiger partial charge is 0.305 e.